The lowest BCUT2D eigenvalue weighted by molar-refractivity contribution is 0.100. The van der Waals surface area contributed by atoms with E-state index in [1.54, 1.807) is 12.1 Å². The topological polar surface area (TPSA) is 58.4 Å². The second-order valence-electron chi connectivity index (χ2n) is 4.65. The SMILES string of the molecule is C[C@H]1CN(Cc2ccc(C(N)=O)cc2)CCN1. The largest absolute Gasteiger partial charge is 0.366 e. The minimum atomic E-state index is -0.368. The van der Waals surface area contributed by atoms with Crippen LogP contribution in [0.4, 0.5) is 0 Å². The normalized spacial score (nSPS) is 21.4. The van der Waals surface area contributed by atoms with Crippen molar-refractivity contribution in [3.05, 3.63) is 35.4 Å². The molecule has 0 saturated carbocycles. The highest BCUT2D eigenvalue weighted by atomic mass is 16.1. The molecule has 92 valence electrons. The summed E-state index contributed by atoms with van der Waals surface area (Å²) in [7, 11) is 0. The van der Waals surface area contributed by atoms with Gasteiger partial charge >= 0.3 is 0 Å². The third-order valence-electron chi connectivity index (χ3n) is 3.10. The third-order valence-corrected chi connectivity index (χ3v) is 3.10. The second kappa shape index (κ2) is 5.29. The number of hydrogen-bond acceptors (Lipinski definition) is 3. The predicted molar refractivity (Wildman–Crippen MR) is 67.7 cm³/mol. The Morgan fingerprint density at radius 2 is 2.18 bits per heavy atom. The van der Waals surface area contributed by atoms with Gasteiger partial charge in [0, 0.05) is 37.8 Å². The summed E-state index contributed by atoms with van der Waals surface area (Å²) >= 11 is 0. The van der Waals surface area contributed by atoms with Crippen molar-refractivity contribution < 1.29 is 4.79 Å². The van der Waals surface area contributed by atoms with Crippen molar-refractivity contribution in [2.24, 2.45) is 5.73 Å². The van der Waals surface area contributed by atoms with Crippen molar-refractivity contribution >= 4 is 5.91 Å². The fourth-order valence-corrected chi connectivity index (χ4v) is 2.19. The molecule has 1 aliphatic rings. The Hall–Kier alpha value is -1.39. The Bertz CT molecular complexity index is 388. The summed E-state index contributed by atoms with van der Waals surface area (Å²) in [5.74, 6) is -0.368. The molecule has 1 fully saturated rings. The molecule has 2 rings (SSSR count). The zero-order valence-corrected chi connectivity index (χ0v) is 10.1. The Morgan fingerprint density at radius 1 is 1.47 bits per heavy atom. The number of rotatable bonds is 3. The molecule has 1 aromatic rings. The highest BCUT2D eigenvalue weighted by molar-refractivity contribution is 5.92. The number of carbonyl (C=O) groups is 1. The molecule has 0 radical (unpaired) electrons. The Kier molecular flexibility index (Phi) is 3.76. The monoisotopic (exact) mass is 233 g/mol. The van der Waals surface area contributed by atoms with Crippen LogP contribution < -0.4 is 11.1 Å². The molecule has 0 unspecified atom stereocenters. The van der Waals surface area contributed by atoms with Gasteiger partial charge in [-0.2, -0.15) is 0 Å². The van der Waals surface area contributed by atoms with E-state index in [0.717, 1.165) is 26.2 Å². The van der Waals surface area contributed by atoms with E-state index in [9.17, 15) is 4.79 Å². The zero-order chi connectivity index (χ0) is 12.3. The van der Waals surface area contributed by atoms with Crippen molar-refractivity contribution in [1.29, 1.82) is 0 Å². The maximum absolute atomic E-state index is 10.9. The van der Waals surface area contributed by atoms with Gasteiger partial charge in [0.15, 0.2) is 0 Å². The van der Waals surface area contributed by atoms with Crippen molar-refractivity contribution in [2.45, 2.75) is 19.5 Å². The van der Waals surface area contributed by atoms with Crippen LogP contribution >= 0.6 is 0 Å². The van der Waals surface area contributed by atoms with Crippen molar-refractivity contribution in [3.63, 3.8) is 0 Å². The van der Waals surface area contributed by atoms with Gasteiger partial charge in [-0.3, -0.25) is 9.69 Å². The first kappa shape index (κ1) is 12.1. The Balaban J connectivity index is 1.96. The van der Waals surface area contributed by atoms with Gasteiger partial charge < -0.3 is 11.1 Å². The van der Waals surface area contributed by atoms with E-state index in [2.05, 4.69) is 17.1 Å². The molecular weight excluding hydrogens is 214 g/mol. The number of benzene rings is 1. The Labute approximate surface area is 102 Å². The van der Waals surface area contributed by atoms with Crippen molar-refractivity contribution in [2.75, 3.05) is 19.6 Å². The first-order valence-corrected chi connectivity index (χ1v) is 5.99. The second-order valence-corrected chi connectivity index (χ2v) is 4.65. The summed E-state index contributed by atoms with van der Waals surface area (Å²) in [4.78, 5) is 13.4. The van der Waals surface area contributed by atoms with Gasteiger partial charge in [-0.15, -0.1) is 0 Å². The van der Waals surface area contributed by atoms with E-state index in [4.69, 9.17) is 5.73 Å². The average molecular weight is 233 g/mol. The van der Waals surface area contributed by atoms with Gasteiger partial charge in [-0.25, -0.2) is 0 Å². The van der Waals surface area contributed by atoms with E-state index in [1.807, 2.05) is 12.1 Å². The van der Waals surface area contributed by atoms with Gasteiger partial charge in [-0.1, -0.05) is 12.1 Å². The molecule has 4 heteroatoms. The molecular formula is C13H19N3O. The van der Waals surface area contributed by atoms with Crippen molar-refractivity contribution in [1.82, 2.24) is 10.2 Å². The first-order chi connectivity index (χ1) is 8.15. The molecule has 0 aromatic heterocycles. The van der Waals surface area contributed by atoms with E-state index >= 15 is 0 Å². The van der Waals surface area contributed by atoms with Gasteiger partial charge in [0.1, 0.15) is 0 Å². The van der Waals surface area contributed by atoms with Crippen molar-refractivity contribution in [3.8, 4) is 0 Å². The van der Waals surface area contributed by atoms with E-state index in [0.29, 0.717) is 11.6 Å². The number of nitrogens with one attached hydrogen (secondary N) is 1. The lowest BCUT2D eigenvalue weighted by Gasteiger charge is -2.31. The lowest BCUT2D eigenvalue weighted by atomic mass is 10.1. The average Bonchev–Trinajstić information content (AvgIpc) is 2.29. The molecule has 3 N–H and O–H groups in total. The number of carbonyl (C=O) groups excluding carboxylic acids is 1. The summed E-state index contributed by atoms with van der Waals surface area (Å²) in [6.07, 6.45) is 0. The van der Waals surface area contributed by atoms with E-state index in [1.165, 1.54) is 5.56 Å². The van der Waals surface area contributed by atoms with Crippen LogP contribution in [0, 0.1) is 0 Å². The van der Waals surface area contributed by atoms with Crippen LogP contribution in [0.15, 0.2) is 24.3 Å². The molecule has 4 nitrogen and oxygen atoms in total. The van der Waals surface area contributed by atoms with Gasteiger partial charge in [0.25, 0.3) is 0 Å². The third kappa shape index (κ3) is 3.28. The molecule has 1 aliphatic heterocycles. The smallest absolute Gasteiger partial charge is 0.248 e. The molecule has 1 saturated heterocycles. The van der Waals surface area contributed by atoms with Gasteiger partial charge in [0.2, 0.25) is 5.91 Å². The fourth-order valence-electron chi connectivity index (χ4n) is 2.19. The molecule has 1 aromatic carbocycles. The van der Waals surface area contributed by atoms with Crippen LogP contribution in [-0.2, 0) is 6.54 Å². The highest BCUT2D eigenvalue weighted by Gasteiger charge is 2.15. The number of nitrogens with zero attached hydrogens (tertiary/aromatic N) is 1. The molecule has 0 spiro atoms. The number of primary amides is 1. The standard InChI is InChI=1S/C13H19N3O/c1-10-8-16(7-6-15-10)9-11-2-4-12(5-3-11)13(14)17/h2-5,10,15H,6-9H2,1H3,(H2,14,17)/t10-/m0/s1. The molecule has 17 heavy (non-hydrogen) atoms. The maximum atomic E-state index is 10.9. The minimum absolute atomic E-state index is 0.368. The molecule has 0 bridgehead atoms. The number of amides is 1. The predicted octanol–water partition coefficient (Wildman–Crippen LogP) is 0.579. The summed E-state index contributed by atoms with van der Waals surface area (Å²) in [5, 5.41) is 3.42. The van der Waals surface area contributed by atoms with Gasteiger partial charge in [0.05, 0.1) is 0 Å². The summed E-state index contributed by atoms with van der Waals surface area (Å²) in [6.45, 7) is 6.31. The number of piperazine rings is 1. The van der Waals surface area contributed by atoms with Gasteiger partial charge in [-0.05, 0) is 24.6 Å². The van der Waals surface area contributed by atoms with Crippen LogP contribution in [0.3, 0.4) is 0 Å². The Morgan fingerprint density at radius 3 is 2.76 bits per heavy atom. The van der Waals surface area contributed by atoms with E-state index in [-0.39, 0.29) is 5.91 Å². The van der Waals surface area contributed by atoms with Crippen LogP contribution in [0.5, 0.6) is 0 Å². The molecule has 1 heterocycles. The summed E-state index contributed by atoms with van der Waals surface area (Å²) in [5.41, 5.74) is 7.01. The summed E-state index contributed by atoms with van der Waals surface area (Å²) in [6, 6.07) is 8.10. The van der Waals surface area contributed by atoms with Crippen LogP contribution in [0.2, 0.25) is 0 Å². The highest BCUT2D eigenvalue weighted by Crippen LogP contribution is 2.09. The number of nitrogens with two attached hydrogens (primary N) is 1. The maximum Gasteiger partial charge on any atom is 0.248 e. The molecule has 1 amide bonds. The first-order valence-electron chi connectivity index (χ1n) is 5.99. The summed E-state index contributed by atoms with van der Waals surface area (Å²) < 4.78 is 0. The molecule has 0 aliphatic carbocycles. The fraction of sp³-hybridized carbons (Fsp3) is 0.462. The number of hydrogen-bond donors (Lipinski definition) is 2. The quantitative estimate of drug-likeness (QED) is 0.803. The van der Waals surface area contributed by atoms with E-state index < -0.39 is 0 Å². The van der Waals surface area contributed by atoms with Crippen LogP contribution in [0.25, 0.3) is 0 Å². The molecule has 1 atom stereocenters. The minimum Gasteiger partial charge on any atom is -0.366 e. The lowest BCUT2D eigenvalue weighted by Crippen LogP contribution is -2.48. The van der Waals surface area contributed by atoms with Crippen LogP contribution in [-0.4, -0.2) is 36.5 Å². The zero-order valence-electron chi connectivity index (χ0n) is 10.1. The van der Waals surface area contributed by atoms with Crippen LogP contribution in [0.1, 0.15) is 22.8 Å².